The SMILES string of the molecule is COc1cccc(O)c1-n1c(NS(=O)(=O)[C@@H](C)[C@H](C)c2ncc(F)cn2)nnc1-c1c#ccc(OCC(O)(C(F)(F)F)C(F)(F)F)n1. The Morgan fingerprint density at radius 1 is 1.06 bits per heavy atom. The summed E-state index contributed by atoms with van der Waals surface area (Å²) < 4.78 is 132. The summed E-state index contributed by atoms with van der Waals surface area (Å²) in [5.74, 6) is -4.25. The lowest BCUT2D eigenvalue weighted by molar-refractivity contribution is -0.373. The van der Waals surface area contributed by atoms with E-state index < -0.39 is 80.7 Å². The molecule has 0 aliphatic heterocycles. The van der Waals surface area contributed by atoms with Gasteiger partial charge in [-0.2, -0.15) is 26.3 Å². The van der Waals surface area contributed by atoms with E-state index in [4.69, 9.17) is 4.74 Å². The average Bonchev–Trinajstić information content (AvgIpc) is 3.40. The van der Waals surface area contributed by atoms with E-state index in [1.165, 1.54) is 39.2 Å². The second-order valence-electron chi connectivity index (χ2n) is 9.77. The number of hydrogen-bond acceptors (Lipinski definition) is 11. The van der Waals surface area contributed by atoms with Crippen molar-refractivity contribution in [2.24, 2.45) is 0 Å². The largest absolute Gasteiger partial charge is 0.506 e. The molecule has 0 fully saturated rings. The molecule has 47 heavy (non-hydrogen) atoms. The minimum atomic E-state index is -6.18. The van der Waals surface area contributed by atoms with Gasteiger partial charge >= 0.3 is 12.4 Å². The Morgan fingerprint density at radius 3 is 2.30 bits per heavy atom. The van der Waals surface area contributed by atoms with Gasteiger partial charge in [-0.15, -0.1) is 10.2 Å². The molecule has 252 valence electrons. The number of hydrogen-bond donors (Lipinski definition) is 3. The van der Waals surface area contributed by atoms with Gasteiger partial charge in [0.15, 0.2) is 17.3 Å². The molecule has 0 spiro atoms. The lowest BCUT2D eigenvalue weighted by Gasteiger charge is -2.31. The predicted molar refractivity (Wildman–Crippen MR) is 145 cm³/mol. The number of anilines is 1. The Morgan fingerprint density at radius 2 is 1.70 bits per heavy atom. The monoisotopic (exact) mass is 693 g/mol. The number of phenolic OH excluding ortho intramolecular Hbond substituents is 1. The fourth-order valence-corrected chi connectivity index (χ4v) is 5.12. The number of methoxy groups -OCH3 is 1. The molecule has 0 bridgehead atoms. The van der Waals surface area contributed by atoms with Crippen LogP contribution in [0.2, 0.25) is 0 Å². The van der Waals surface area contributed by atoms with Crippen molar-refractivity contribution in [3.8, 4) is 34.6 Å². The molecule has 4 aromatic rings. The summed E-state index contributed by atoms with van der Waals surface area (Å²) in [6, 6.07) is 9.27. The van der Waals surface area contributed by atoms with E-state index >= 15 is 0 Å². The number of aliphatic hydroxyl groups is 1. The van der Waals surface area contributed by atoms with Crippen LogP contribution in [-0.2, 0) is 10.0 Å². The van der Waals surface area contributed by atoms with Crippen molar-refractivity contribution in [2.45, 2.75) is 43.0 Å². The molecule has 13 nitrogen and oxygen atoms in total. The number of aromatic hydroxyl groups is 1. The number of sulfonamides is 1. The van der Waals surface area contributed by atoms with Gasteiger partial charge in [0.2, 0.25) is 21.9 Å². The zero-order valence-electron chi connectivity index (χ0n) is 24.1. The van der Waals surface area contributed by atoms with Gasteiger partial charge in [-0.25, -0.2) is 27.8 Å². The second kappa shape index (κ2) is 12.7. The maximum absolute atomic E-state index is 13.5. The normalized spacial score (nSPS) is 13.9. The Labute approximate surface area is 261 Å². The number of nitrogens with one attached hydrogen (secondary N) is 1. The first kappa shape index (κ1) is 34.9. The summed E-state index contributed by atoms with van der Waals surface area (Å²) in [4.78, 5) is 11.4. The molecule has 1 aromatic carbocycles. The van der Waals surface area contributed by atoms with E-state index in [9.17, 15) is 49.4 Å². The number of para-hydroxylation sites is 1. The van der Waals surface area contributed by atoms with Crippen molar-refractivity contribution < 1.29 is 58.8 Å². The van der Waals surface area contributed by atoms with E-state index in [1.54, 1.807) is 0 Å². The molecule has 0 unspecified atom stereocenters. The van der Waals surface area contributed by atoms with Crippen LogP contribution in [0, 0.1) is 17.9 Å². The Bertz CT molecular complexity index is 1820. The number of ether oxygens (including phenoxy) is 2. The predicted octanol–water partition coefficient (Wildman–Crippen LogP) is 3.74. The van der Waals surface area contributed by atoms with E-state index in [0.717, 1.165) is 17.0 Å². The molecule has 3 N–H and O–H groups in total. The lowest BCUT2D eigenvalue weighted by Crippen LogP contribution is -2.60. The fraction of sp³-hybridized carbons (Fsp3) is 0.346. The molecule has 21 heteroatoms. The van der Waals surface area contributed by atoms with E-state index in [0.29, 0.717) is 6.07 Å². The molecule has 4 rings (SSSR count). The Kier molecular flexibility index (Phi) is 9.41. The summed E-state index contributed by atoms with van der Waals surface area (Å²) in [7, 11) is -3.24. The number of nitrogens with zero attached hydrogens (tertiary/aromatic N) is 6. The smallest absolute Gasteiger partial charge is 0.429 e. The molecule has 0 amide bonds. The van der Waals surface area contributed by atoms with Gasteiger partial charge < -0.3 is 19.7 Å². The van der Waals surface area contributed by atoms with Gasteiger partial charge in [0.1, 0.15) is 29.6 Å². The summed E-state index contributed by atoms with van der Waals surface area (Å²) in [5.41, 5.74) is -6.06. The highest BCUT2D eigenvalue weighted by molar-refractivity contribution is 7.93. The highest BCUT2D eigenvalue weighted by atomic mass is 32.2. The van der Waals surface area contributed by atoms with Gasteiger partial charge in [0, 0.05) is 5.92 Å². The molecule has 2 atom stereocenters. The second-order valence-corrected chi connectivity index (χ2v) is 11.8. The first-order valence-electron chi connectivity index (χ1n) is 12.9. The minimum absolute atomic E-state index is 0.0112. The molecule has 0 saturated heterocycles. The first-order chi connectivity index (χ1) is 21.8. The summed E-state index contributed by atoms with van der Waals surface area (Å²) in [5, 5.41) is 26.5. The third-order valence-electron chi connectivity index (χ3n) is 6.75. The minimum Gasteiger partial charge on any atom is -0.506 e. The van der Waals surface area contributed by atoms with Crippen LogP contribution in [0.4, 0.5) is 36.7 Å². The first-order valence-corrected chi connectivity index (χ1v) is 14.5. The van der Waals surface area contributed by atoms with Crippen molar-refractivity contribution in [1.82, 2.24) is 29.7 Å². The molecule has 3 heterocycles. The fourth-order valence-electron chi connectivity index (χ4n) is 3.89. The van der Waals surface area contributed by atoms with E-state index in [2.05, 4.69) is 46.7 Å². The zero-order chi connectivity index (χ0) is 34.9. The van der Waals surface area contributed by atoms with Crippen LogP contribution in [0.25, 0.3) is 17.2 Å². The number of rotatable bonds is 11. The summed E-state index contributed by atoms with van der Waals surface area (Å²) >= 11 is 0. The highest BCUT2D eigenvalue weighted by Gasteiger charge is 2.71. The van der Waals surface area contributed by atoms with Crippen LogP contribution < -0.4 is 14.2 Å². The number of halogens is 7. The standard InChI is InChI=1S/C26H22F7N7O6S/c1-13(21-34-10-15(27)11-35-21)14(2)47(43,44)39-23-38-37-22(40(23)20-17(41)7-5-8-18(20)45-3)16-6-4-9-19(36-16)46-12-24(42,25(28,29)30)26(31,32)33/h5,7-11,13-14,41-42H,12H2,1-3H3,(H,38,39)/t13-,14-/m0/s1. The third-order valence-corrected chi connectivity index (χ3v) is 8.60. The van der Waals surface area contributed by atoms with Gasteiger partial charge in [-0.05, 0) is 25.1 Å². The van der Waals surface area contributed by atoms with Crippen molar-refractivity contribution in [2.75, 3.05) is 18.4 Å². The van der Waals surface area contributed by atoms with Gasteiger partial charge in [0.05, 0.1) is 30.8 Å². The molecule has 0 aliphatic carbocycles. The maximum Gasteiger partial charge on any atom is 0.429 e. The number of phenols is 1. The maximum atomic E-state index is 13.5. The third kappa shape index (κ3) is 6.92. The number of benzene rings is 1. The molecular formula is C26H22F7N7O6S. The van der Waals surface area contributed by atoms with Crippen molar-refractivity contribution in [3.05, 3.63) is 60.4 Å². The van der Waals surface area contributed by atoms with Gasteiger partial charge in [0.25, 0.3) is 5.60 Å². The van der Waals surface area contributed by atoms with Crippen LogP contribution in [0.15, 0.2) is 36.7 Å². The van der Waals surface area contributed by atoms with E-state index in [1.807, 2.05) is 0 Å². The Balaban J connectivity index is 1.78. The molecule has 3 aromatic heterocycles. The van der Waals surface area contributed by atoms with Crippen LogP contribution in [0.1, 0.15) is 25.6 Å². The topological polar surface area (TPSA) is 174 Å². The number of aromatic nitrogens is 6. The van der Waals surface area contributed by atoms with Crippen molar-refractivity contribution >= 4 is 16.0 Å². The van der Waals surface area contributed by atoms with Crippen LogP contribution >= 0.6 is 0 Å². The van der Waals surface area contributed by atoms with Gasteiger partial charge in [-0.3, -0.25) is 9.29 Å². The molecule has 0 aliphatic rings. The Hall–Kier alpha value is -4.97. The quantitative estimate of drug-likeness (QED) is 0.195. The molecule has 0 radical (unpaired) electrons. The van der Waals surface area contributed by atoms with Crippen LogP contribution in [0.5, 0.6) is 17.4 Å². The molecule has 0 saturated carbocycles. The van der Waals surface area contributed by atoms with Crippen LogP contribution in [-0.4, -0.2) is 85.3 Å². The van der Waals surface area contributed by atoms with Gasteiger partial charge in [-0.1, -0.05) is 19.1 Å². The number of alkyl halides is 6. The zero-order valence-corrected chi connectivity index (χ0v) is 24.9. The van der Waals surface area contributed by atoms with Crippen molar-refractivity contribution in [1.29, 1.82) is 0 Å². The van der Waals surface area contributed by atoms with Crippen LogP contribution in [0.3, 0.4) is 0 Å². The highest BCUT2D eigenvalue weighted by Crippen LogP contribution is 2.43. The van der Waals surface area contributed by atoms with Crippen molar-refractivity contribution in [3.63, 3.8) is 0 Å². The average molecular weight is 694 g/mol. The summed E-state index contributed by atoms with van der Waals surface area (Å²) in [6.45, 7) is 0.400. The molecular weight excluding hydrogens is 671 g/mol. The van der Waals surface area contributed by atoms with E-state index in [-0.39, 0.29) is 17.3 Å². The lowest BCUT2D eigenvalue weighted by atomic mass is 10.0. The summed E-state index contributed by atoms with van der Waals surface area (Å²) in [6.07, 6.45) is -10.7.